The van der Waals surface area contributed by atoms with E-state index < -0.39 is 28.0 Å². The first-order chi connectivity index (χ1) is 15.9. The second-order valence-electron chi connectivity index (χ2n) is 8.64. The van der Waals surface area contributed by atoms with Crippen LogP contribution in [0.4, 0.5) is 4.39 Å². The Balaban J connectivity index is 1.76. The molecule has 8 heteroatoms. The topological polar surface area (TPSA) is 66.9 Å². The maximum Gasteiger partial charge on any atom is 0.257 e. The highest BCUT2D eigenvalue weighted by Crippen LogP contribution is 2.33. The number of para-hydroxylation sites is 1. The van der Waals surface area contributed by atoms with Crippen LogP contribution in [-0.2, 0) is 10.0 Å². The van der Waals surface area contributed by atoms with E-state index in [-0.39, 0.29) is 17.3 Å². The van der Waals surface area contributed by atoms with E-state index in [2.05, 4.69) is 0 Å². The number of halogens is 1. The summed E-state index contributed by atoms with van der Waals surface area (Å²) in [5, 5.41) is 0. The molecule has 1 amide bonds. The lowest BCUT2D eigenvalue weighted by atomic mass is 9.92. The predicted octanol–water partition coefficient (Wildman–Crippen LogP) is 4.46. The second kappa shape index (κ2) is 10.2. The Labute approximate surface area is 195 Å². The number of benzene rings is 2. The molecule has 2 aromatic rings. The molecular formula is C25H31FN2O4S. The van der Waals surface area contributed by atoms with Crippen LogP contribution in [0.5, 0.6) is 5.75 Å². The Hall–Kier alpha value is -2.45. The molecule has 0 saturated heterocycles. The minimum Gasteiger partial charge on any atom is -0.488 e. The SMILES string of the molecule is CCN1CCCCN(S(=O)(=O)c2ccccc2F)[C@@H]2CCCC[C@@H]2Oc2ccccc2C1=O. The summed E-state index contributed by atoms with van der Waals surface area (Å²) in [4.78, 5) is 14.7. The van der Waals surface area contributed by atoms with Crippen molar-refractivity contribution in [3.8, 4) is 5.75 Å². The molecule has 1 saturated carbocycles. The third-order valence-electron chi connectivity index (χ3n) is 6.58. The van der Waals surface area contributed by atoms with Gasteiger partial charge in [0.1, 0.15) is 22.6 Å². The summed E-state index contributed by atoms with van der Waals surface area (Å²) in [5.41, 5.74) is 0.493. The van der Waals surface area contributed by atoms with Gasteiger partial charge in [0, 0.05) is 19.6 Å². The molecule has 2 aliphatic rings. The van der Waals surface area contributed by atoms with Crippen molar-refractivity contribution in [2.75, 3.05) is 19.6 Å². The monoisotopic (exact) mass is 474 g/mol. The number of carbonyl (C=O) groups is 1. The van der Waals surface area contributed by atoms with Crippen LogP contribution in [0.1, 0.15) is 55.8 Å². The maximum atomic E-state index is 14.6. The van der Waals surface area contributed by atoms with Crippen molar-refractivity contribution in [1.82, 2.24) is 9.21 Å². The van der Waals surface area contributed by atoms with Crippen molar-refractivity contribution >= 4 is 15.9 Å². The first-order valence-corrected chi connectivity index (χ1v) is 13.2. The van der Waals surface area contributed by atoms with Gasteiger partial charge in [-0.2, -0.15) is 4.31 Å². The Morgan fingerprint density at radius 1 is 0.970 bits per heavy atom. The van der Waals surface area contributed by atoms with Gasteiger partial charge in [0.15, 0.2) is 0 Å². The molecule has 0 spiro atoms. The fourth-order valence-electron chi connectivity index (χ4n) is 4.84. The molecule has 2 aromatic carbocycles. The molecule has 0 aromatic heterocycles. The van der Waals surface area contributed by atoms with E-state index in [4.69, 9.17) is 4.74 Å². The van der Waals surface area contributed by atoms with E-state index in [1.807, 2.05) is 19.1 Å². The normalized spacial score (nSPS) is 23.0. The molecule has 2 atom stereocenters. The van der Waals surface area contributed by atoms with Crippen molar-refractivity contribution < 1.29 is 22.3 Å². The summed E-state index contributed by atoms with van der Waals surface area (Å²) in [6.07, 6.45) is 3.91. The van der Waals surface area contributed by atoms with Gasteiger partial charge in [0.05, 0.1) is 11.6 Å². The summed E-state index contributed by atoms with van der Waals surface area (Å²) in [6.45, 7) is 3.26. The quantitative estimate of drug-likeness (QED) is 0.659. The second-order valence-corrected chi connectivity index (χ2v) is 10.5. The molecular weight excluding hydrogens is 443 g/mol. The van der Waals surface area contributed by atoms with Crippen LogP contribution in [0.3, 0.4) is 0 Å². The summed E-state index contributed by atoms with van der Waals surface area (Å²) in [7, 11) is -4.06. The van der Waals surface area contributed by atoms with Crippen LogP contribution < -0.4 is 4.74 Å². The van der Waals surface area contributed by atoms with Gasteiger partial charge in [-0.05, 0) is 63.3 Å². The van der Waals surface area contributed by atoms with Gasteiger partial charge in [-0.15, -0.1) is 0 Å². The number of hydrogen-bond donors (Lipinski definition) is 0. The van der Waals surface area contributed by atoms with Crippen LogP contribution in [0.15, 0.2) is 53.4 Å². The van der Waals surface area contributed by atoms with Crippen molar-refractivity contribution in [3.05, 3.63) is 59.9 Å². The van der Waals surface area contributed by atoms with Crippen LogP contribution in [0.25, 0.3) is 0 Å². The number of fused-ring (bicyclic) bond motifs is 2. The molecule has 178 valence electrons. The van der Waals surface area contributed by atoms with Crippen molar-refractivity contribution in [1.29, 1.82) is 0 Å². The highest BCUT2D eigenvalue weighted by molar-refractivity contribution is 7.89. The zero-order valence-electron chi connectivity index (χ0n) is 19.0. The molecule has 6 nitrogen and oxygen atoms in total. The maximum absolute atomic E-state index is 14.6. The molecule has 4 rings (SSSR count). The average molecular weight is 475 g/mol. The van der Waals surface area contributed by atoms with Crippen molar-refractivity contribution in [3.63, 3.8) is 0 Å². The zero-order chi connectivity index (χ0) is 23.4. The van der Waals surface area contributed by atoms with Crippen molar-refractivity contribution in [2.45, 2.75) is 62.5 Å². The lowest BCUT2D eigenvalue weighted by molar-refractivity contribution is 0.0641. The number of rotatable bonds is 3. The molecule has 0 N–H and O–H groups in total. The number of ether oxygens (including phenoxy) is 1. The van der Waals surface area contributed by atoms with Crippen LogP contribution in [0.2, 0.25) is 0 Å². The largest absolute Gasteiger partial charge is 0.488 e. The van der Waals surface area contributed by atoms with Gasteiger partial charge in [0.2, 0.25) is 10.0 Å². The van der Waals surface area contributed by atoms with Gasteiger partial charge in [0.25, 0.3) is 5.91 Å². The molecule has 1 heterocycles. The third-order valence-corrected chi connectivity index (χ3v) is 8.54. The van der Waals surface area contributed by atoms with Gasteiger partial charge < -0.3 is 9.64 Å². The van der Waals surface area contributed by atoms with E-state index >= 15 is 0 Å². The lowest BCUT2D eigenvalue weighted by Gasteiger charge is -2.40. The smallest absolute Gasteiger partial charge is 0.257 e. The number of hydrogen-bond acceptors (Lipinski definition) is 4. The molecule has 0 radical (unpaired) electrons. The number of carbonyl (C=O) groups excluding carboxylic acids is 1. The number of nitrogens with zero attached hydrogens (tertiary/aromatic N) is 2. The minimum atomic E-state index is -4.06. The zero-order valence-corrected chi connectivity index (χ0v) is 19.8. The van der Waals surface area contributed by atoms with Gasteiger partial charge in [-0.25, -0.2) is 12.8 Å². The summed E-state index contributed by atoms with van der Waals surface area (Å²) in [6, 6.07) is 12.3. The Morgan fingerprint density at radius 2 is 1.67 bits per heavy atom. The van der Waals surface area contributed by atoms with Gasteiger partial charge in [-0.3, -0.25) is 4.79 Å². The van der Waals surface area contributed by atoms with E-state index in [0.29, 0.717) is 50.1 Å². The first kappa shape index (κ1) is 23.7. The van der Waals surface area contributed by atoms with Gasteiger partial charge in [-0.1, -0.05) is 30.7 Å². The summed E-state index contributed by atoms with van der Waals surface area (Å²) in [5.74, 6) is -0.344. The molecule has 0 bridgehead atoms. The molecule has 0 unspecified atom stereocenters. The molecule has 1 aliphatic carbocycles. The summed E-state index contributed by atoms with van der Waals surface area (Å²) < 4.78 is 49.7. The van der Waals surface area contributed by atoms with Gasteiger partial charge >= 0.3 is 0 Å². The van der Waals surface area contributed by atoms with Crippen LogP contribution in [0, 0.1) is 5.82 Å². The molecule has 1 aliphatic heterocycles. The molecule has 33 heavy (non-hydrogen) atoms. The Kier molecular flexibility index (Phi) is 7.34. The van der Waals surface area contributed by atoms with E-state index in [1.165, 1.54) is 22.5 Å². The van der Waals surface area contributed by atoms with E-state index in [1.54, 1.807) is 23.1 Å². The summed E-state index contributed by atoms with van der Waals surface area (Å²) >= 11 is 0. The van der Waals surface area contributed by atoms with Crippen molar-refractivity contribution in [2.24, 2.45) is 0 Å². The molecule has 1 fully saturated rings. The first-order valence-electron chi connectivity index (χ1n) is 11.7. The number of amides is 1. The van der Waals surface area contributed by atoms with E-state index in [9.17, 15) is 17.6 Å². The van der Waals surface area contributed by atoms with Crippen LogP contribution in [-0.4, -0.2) is 55.3 Å². The Bertz CT molecular complexity index is 1090. The predicted molar refractivity (Wildman–Crippen MR) is 124 cm³/mol. The highest BCUT2D eigenvalue weighted by Gasteiger charge is 2.40. The fraction of sp³-hybridized carbons (Fsp3) is 0.480. The number of sulfonamides is 1. The van der Waals surface area contributed by atoms with E-state index in [0.717, 1.165) is 12.8 Å². The Morgan fingerprint density at radius 3 is 2.45 bits per heavy atom. The standard InChI is InChI=1S/C25H31FN2O4S/c1-2-27-17-9-10-18-28(33(30,31)24-16-8-4-12-20(24)26)21-13-5-7-15-23(21)32-22-14-6-3-11-19(22)25(27)29/h3-4,6,8,11-12,14,16,21,23H,2,5,7,9-10,13,15,17-18H2,1H3/t21-,23+/m1/s1. The highest BCUT2D eigenvalue weighted by atomic mass is 32.2. The van der Waals surface area contributed by atoms with Crippen LogP contribution >= 0.6 is 0 Å². The average Bonchev–Trinajstić information content (AvgIpc) is 2.81. The third kappa shape index (κ3) is 4.92. The lowest BCUT2D eigenvalue weighted by Crippen LogP contribution is -2.51. The fourth-order valence-corrected chi connectivity index (χ4v) is 6.63. The minimum absolute atomic E-state index is 0.0723.